The summed E-state index contributed by atoms with van der Waals surface area (Å²) < 4.78 is 0. The number of fused-ring (bicyclic) bond motifs is 6. The van der Waals surface area contributed by atoms with Crippen LogP contribution in [0, 0.1) is 41.4 Å². The Kier molecular flexibility index (Phi) is 7.54. The zero-order valence-electron chi connectivity index (χ0n) is 26.9. The van der Waals surface area contributed by atoms with Gasteiger partial charge in [0.25, 0.3) is 0 Å². The summed E-state index contributed by atoms with van der Waals surface area (Å²) in [4.78, 5) is 3.41. The first-order chi connectivity index (χ1) is 20.1. The minimum Gasteiger partial charge on any atom is -0.294 e. The van der Waals surface area contributed by atoms with Gasteiger partial charge in [-0.1, -0.05) is 115 Å². The monoisotopic (exact) mass is 571 g/mol. The number of benzene rings is 1. The minimum atomic E-state index is -1.54. The van der Waals surface area contributed by atoms with Gasteiger partial charge in [-0.15, -0.1) is 0 Å². The summed E-state index contributed by atoms with van der Waals surface area (Å²) in [5, 5.41) is 0. The Morgan fingerprint density at radius 3 is 2.02 bits per heavy atom. The summed E-state index contributed by atoms with van der Waals surface area (Å²) in [6.07, 6.45) is 26.1. The molecule has 41 heavy (non-hydrogen) atoms. The molecule has 0 amide bonds. The van der Waals surface area contributed by atoms with Crippen LogP contribution in [0.15, 0.2) is 30.3 Å². The predicted octanol–water partition coefficient (Wildman–Crippen LogP) is 10.7. The summed E-state index contributed by atoms with van der Waals surface area (Å²) in [5.41, 5.74) is 3.81. The van der Waals surface area contributed by atoms with E-state index in [2.05, 4.69) is 55.2 Å². The first-order valence-electron chi connectivity index (χ1n) is 18.9. The van der Waals surface area contributed by atoms with Crippen molar-refractivity contribution in [1.82, 2.24) is 4.90 Å². The molecule has 12 atom stereocenters. The third-order valence-electron chi connectivity index (χ3n) is 15.4. The lowest BCUT2D eigenvalue weighted by molar-refractivity contribution is 0.0652. The van der Waals surface area contributed by atoms with E-state index >= 15 is 0 Å². The van der Waals surface area contributed by atoms with Gasteiger partial charge in [-0.3, -0.25) is 4.90 Å². The Morgan fingerprint density at radius 1 is 0.610 bits per heavy atom. The van der Waals surface area contributed by atoms with E-state index in [9.17, 15) is 0 Å². The van der Waals surface area contributed by atoms with Crippen LogP contribution >= 0.6 is 0 Å². The van der Waals surface area contributed by atoms with Gasteiger partial charge in [0.2, 0.25) is 0 Å². The molecule has 1 aromatic carbocycles. The van der Waals surface area contributed by atoms with Crippen LogP contribution in [0.4, 0.5) is 0 Å². The lowest BCUT2D eigenvalue weighted by Gasteiger charge is -2.52. The van der Waals surface area contributed by atoms with Crippen molar-refractivity contribution in [1.29, 1.82) is 0 Å². The van der Waals surface area contributed by atoms with Crippen molar-refractivity contribution >= 4 is 8.07 Å². The van der Waals surface area contributed by atoms with Gasteiger partial charge in [-0.05, 0) is 109 Å². The third kappa shape index (κ3) is 4.44. The molecule has 226 valence electrons. The summed E-state index contributed by atoms with van der Waals surface area (Å²) in [5.74, 6) is 8.04. The molecule has 6 aliphatic carbocycles. The molecule has 8 rings (SSSR count). The maximum atomic E-state index is 3.41. The van der Waals surface area contributed by atoms with Crippen molar-refractivity contribution in [2.24, 2.45) is 41.4 Å². The third-order valence-corrected chi connectivity index (χ3v) is 20.6. The normalized spacial score (nSPS) is 47.0. The quantitative estimate of drug-likeness (QED) is 0.325. The van der Waals surface area contributed by atoms with Crippen LogP contribution in [-0.2, 0) is 0 Å². The second-order valence-corrected chi connectivity index (χ2v) is 22.3. The fourth-order valence-corrected chi connectivity index (χ4v) is 20.9. The van der Waals surface area contributed by atoms with Gasteiger partial charge in [-0.25, -0.2) is 0 Å². The zero-order chi connectivity index (χ0) is 27.7. The lowest BCUT2D eigenvalue weighted by Crippen LogP contribution is -2.55. The topological polar surface area (TPSA) is 3.24 Å². The van der Waals surface area contributed by atoms with Crippen molar-refractivity contribution in [3.8, 4) is 0 Å². The number of likely N-dealkylation sites (tertiary alicyclic amines) is 1. The SMILES string of the molecule is CC1CC2C(c3ccccc3)CCCC2C1[Si](C)(C)C1C2CCCCC2C2C3CCCCC3N(C3CCCCC3)C21. The van der Waals surface area contributed by atoms with Gasteiger partial charge < -0.3 is 0 Å². The van der Waals surface area contributed by atoms with Crippen molar-refractivity contribution in [2.45, 2.75) is 164 Å². The van der Waals surface area contributed by atoms with E-state index in [4.69, 9.17) is 0 Å². The van der Waals surface area contributed by atoms with Crippen molar-refractivity contribution in [3.63, 3.8) is 0 Å². The van der Waals surface area contributed by atoms with Crippen LogP contribution < -0.4 is 0 Å². The zero-order valence-corrected chi connectivity index (χ0v) is 27.9. The van der Waals surface area contributed by atoms with E-state index < -0.39 is 8.07 Å². The van der Waals surface area contributed by atoms with Crippen molar-refractivity contribution < 1.29 is 0 Å². The van der Waals surface area contributed by atoms with E-state index in [1.165, 1.54) is 64.2 Å². The molecule has 0 radical (unpaired) electrons. The molecule has 1 heterocycles. The molecule has 1 saturated heterocycles. The number of hydrogen-bond acceptors (Lipinski definition) is 1. The standard InChI is InChI=1S/C39H61NSi/c1-26-25-34-29(27-15-6-4-7-16-27)22-14-23-32(34)38(26)41(2,3)39-31-20-11-10-19-30(31)36-33-21-12-13-24-35(33)40(37(36)39)28-17-8-5-9-18-28/h4,6-7,15-16,26,28-39H,5,8-14,17-25H2,1-3H3. The number of nitrogens with zero attached hydrogens (tertiary/aromatic N) is 1. The van der Waals surface area contributed by atoms with E-state index in [0.717, 1.165) is 76.6 Å². The van der Waals surface area contributed by atoms with Gasteiger partial charge in [0.05, 0.1) is 8.07 Å². The molecule has 0 N–H and O–H groups in total. The highest BCUT2D eigenvalue weighted by Crippen LogP contribution is 2.70. The van der Waals surface area contributed by atoms with Gasteiger partial charge in [0.1, 0.15) is 0 Å². The molecule has 0 spiro atoms. The first-order valence-corrected chi connectivity index (χ1v) is 22.0. The first kappa shape index (κ1) is 27.9. The molecule has 7 fully saturated rings. The number of rotatable bonds is 4. The largest absolute Gasteiger partial charge is 0.294 e. The second kappa shape index (κ2) is 11.1. The summed E-state index contributed by atoms with van der Waals surface area (Å²) >= 11 is 0. The van der Waals surface area contributed by atoms with Crippen LogP contribution in [0.3, 0.4) is 0 Å². The molecule has 2 heteroatoms. The van der Waals surface area contributed by atoms with Gasteiger partial charge in [0, 0.05) is 18.1 Å². The molecule has 7 aliphatic rings. The average Bonchev–Trinajstić information content (AvgIpc) is 3.64. The maximum Gasteiger partial charge on any atom is 0.0561 e. The Bertz CT molecular complexity index is 1040. The highest BCUT2D eigenvalue weighted by molar-refractivity contribution is 6.80. The fourth-order valence-electron chi connectivity index (χ4n) is 14.6. The van der Waals surface area contributed by atoms with E-state index in [0.29, 0.717) is 0 Å². The van der Waals surface area contributed by atoms with Gasteiger partial charge in [-0.2, -0.15) is 0 Å². The molecule has 1 aromatic rings. The van der Waals surface area contributed by atoms with Crippen molar-refractivity contribution in [3.05, 3.63) is 35.9 Å². The highest BCUT2D eigenvalue weighted by Gasteiger charge is 2.68. The number of hydrogen-bond donors (Lipinski definition) is 0. The molecule has 6 saturated carbocycles. The van der Waals surface area contributed by atoms with Crippen LogP contribution in [0.2, 0.25) is 24.2 Å². The lowest BCUT2D eigenvalue weighted by atomic mass is 9.70. The molecule has 0 aromatic heterocycles. The van der Waals surface area contributed by atoms with Gasteiger partial charge in [0.15, 0.2) is 0 Å². The van der Waals surface area contributed by atoms with E-state index in [1.54, 1.807) is 50.5 Å². The highest BCUT2D eigenvalue weighted by atomic mass is 28.3. The summed E-state index contributed by atoms with van der Waals surface area (Å²) in [7, 11) is -1.54. The Labute approximate surface area is 254 Å². The molecular weight excluding hydrogens is 511 g/mol. The van der Waals surface area contributed by atoms with E-state index in [-0.39, 0.29) is 0 Å². The molecule has 0 bridgehead atoms. The van der Waals surface area contributed by atoms with Crippen LogP contribution in [-0.4, -0.2) is 31.1 Å². The Morgan fingerprint density at radius 2 is 1.24 bits per heavy atom. The predicted molar refractivity (Wildman–Crippen MR) is 176 cm³/mol. The maximum absolute atomic E-state index is 3.41. The van der Waals surface area contributed by atoms with Crippen LogP contribution in [0.1, 0.15) is 128 Å². The fraction of sp³-hybridized carbons (Fsp3) is 0.846. The Hall–Kier alpha value is -0.603. The Balaban J connectivity index is 1.17. The molecule has 12 unspecified atom stereocenters. The molecular formula is C39H61NSi. The molecule has 1 nitrogen and oxygen atoms in total. The second-order valence-electron chi connectivity index (χ2n) is 17.3. The van der Waals surface area contributed by atoms with Gasteiger partial charge >= 0.3 is 0 Å². The minimum absolute atomic E-state index is 0.832. The van der Waals surface area contributed by atoms with Crippen LogP contribution in [0.5, 0.6) is 0 Å². The average molecular weight is 572 g/mol. The summed E-state index contributed by atoms with van der Waals surface area (Å²) in [6.45, 7) is 8.75. The smallest absolute Gasteiger partial charge is 0.0561 e. The summed E-state index contributed by atoms with van der Waals surface area (Å²) in [6, 6.07) is 14.7. The molecule has 1 aliphatic heterocycles. The van der Waals surface area contributed by atoms with Crippen molar-refractivity contribution in [2.75, 3.05) is 0 Å². The van der Waals surface area contributed by atoms with Crippen LogP contribution in [0.25, 0.3) is 0 Å². The van der Waals surface area contributed by atoms with E-state index in [1.807, 2.05) is 0 Å².